The molecule has 0 aliphatic carbocycles. The molecule has 1 atom stereocenters. The number of hydrogen-bond acceptors (Lipinski definition) is 7. The molecule has 1 aliphatic rings. The third-order valence-electron chi connectivity index (χ3n) is 4.58. The van der Waals surface area contributed by atoms with Crippen LogP contribution < -0.4 is 10.6 Å². The van der Waals surface area contributed by atoms with Gasteiger partial charge in [0.2, 0.25) is 5.91 Å². The Morgan fingerprint density at radius 3 is 3.12 bits per heavy atom. The summed E-state index contributed by atoms with van der Waals surface area (Å²) in [6.07, 6.45) is 5.27. The number of anilines is 2. The second kappa shape index (κ2) is 6.95. The fourth-order valence-corrected chi connectivity index (χ4v) is 3.29. The van der Waals surface area contributed by atoms with E-state index in [1.807, 2.05) is 30.1 Å². The van der Waals surface area contributed by atoms with Gasteiger partial charge in [-0.25, -0.2) is 4.98 Å². The molecule has 0 unspecified atom stereocenters. The molecule has 0 spiro atoms. The highest BCUT2D eigenvalue weighted by Crippen LogP contribution is 2.32. The smallest absolute Gasteiger partial charge is 0.242 e. The topological polar surface area (TPSA) is 100 Å². The first kappa shape index (κ1) is 16.2. The van der Waals surface area contributed by atoms with Gasteiger partial charge in [-0.05, 0) is 42.7 Å². The molecule has 0 aromatic carbocycles. The third-order valence-corrected chi connectivity index (χ3v) is 4.58. The second-order valence-corrected chi connectivity index (χ2v) is 6.18. The minimum absolute atomic E-state index is 0.0565. The molecule has 9 heteroatoms. The van der Waals surface area contributed by atoms with Gasteiger partial charge >= 0.3 is 0 Å². The van der Waals surface area contributed by atoms with Gasteiger partial charge in [0.25, 0.3) is 0 Å². The van der Waals surface area contributed by atoms with Crippen LogP contribution in [0.3, 0.4) is 0 Å². The van der Waals surface area contributed by atoms with Crippen LogP contribution in [0.25, 0.3) is 5.65 Å². The first-order chi connectivity index (χ1) is 12.7. The van der Waals surface area contributed by atoms with Crippen LogP contribution in [0.15, 0.2) is 36.8 Å². The predicted molar refractivity (Wildman–Crippen MR) is 96.7 cm³/mol. The molecule has 0 radical (unpaired) electrons. The van der Waals surface area contributed by atoms with E-state index < -0.39 is 0 Å². The molecule has 134 valence electrons. The Balaban J connectivity index is 1.44. The van der Waals surface area contributed by atoms with E-state index in [2.05, 4.69) is 30.9 Å². The molecule has 4 rings (SSSR count). The normalized spacial score (nSPS) is 16.8. The van der Waals surface area contributed by atoms with Crippen molar-refractivity contribution in [2.75, 3.05) is 30.8 Å². The van der Waals surface area contributed by atoms with E-state index >= 15 is 0 Å². The van der Waals surface area contributed by atoms with Gasteiger partial charge in [0.05, 0.1) is 12.6 Å². The molecule has 1 fully saturated rings. The van der Waals surface area contributed by atoms with Crippen molar-refractivity contribution in [1.82, 2.24) is 29.7 Å². The molecule has 0 bridgehead atoms. The number of fused-ring (bicyclic) bond motifs is 1. The molecule has 3 aromatic heterocycles. The lowest BCUT2D eigenvalue weighted by Gasteiger charge is -2.25. The van der Waals surface area contributed by atoms with E-state index in [4.69, 9.17) is 0 Å². The number of carbonyl (C=O) groups is 1. The zero-order valence-corrected chi connectivity index (χ0v) is 14.5. The van der Waals surface area contributed by atoms with Gasteiger partial charge in [-0.2, -0.15) is 4.52 Å². The van der Waals surface area contributed by atoms with E-state index in [1.165, 1.54) is 6.33 Å². The van der Waals surface area contributed by atoms with Gasteiger partial charge in [-0.3, -0.25) is 4.79 Å². The Bertz CT molecular complexity index is 924. The van der Waals surface area contributed by atoms with Gasteiger partial charge in [-0.1, -0.05) is 0 Å². The van der Waals surface area contributed by atoms with E-state index in [1.54, 1.807) is 16.8 Å². The lowest BCUT2D eigenvalue weighted by Crippen LogP contribution is -2.35. The zero-order chi connectivity index (χ0) is 17.9. The number of rotatable bonds is 5. The maximum absolute atomic E-state index is 12.7. The SMILES string of the molecule is CNc1cc([C@H]2CCCN2C(=O)CNc2ccc3nncn3n2)ccn1. The summed E-state index contributed by atoms with van der Waals surface area (Å²) < 4.78 is 1.57. The van der Waals surface area contributed by atoms with E-state index in [9.17, 15) is 4.79 Å². The number of amides is 1. The van der Waals surface area contributed by atoms with Crippen LogP contribution in [0.2, 0.25) is 0 Å². The second-order valence-electron chi connectivity index (χ2n) is 6.18. The highest BCUT2D eigenvalue weighted by Gasteiger charge is 2.29. The first-order valence-electron chi connectivity index (χ1n) is 8.59. The van der Waals surface area contributed by atoms with E-state index in [0.29, 0.717) is 11.5 Å². The molecule has 2 N–H and O–H groups in total. The Morgan fingerprint density at radius 1 is 1.31 bits per heavy atom. The summed E-state index contributed by atoms with van der Waals surface area (Å²) in [4.78, 5) is 18.9. The number of carbonyl (C=O) groups excluding carboxylic acids is 1. The van der Waals surface area contributed by atoms with Crippen molar-refractivity contribution in [2.24, 2.45) is 0 Å². The van der Waals surface area contributed by atoms with Crippen LogP contribution in [0, 0.1) is 0 Å². The average molecular weight is 352 g/mol. The fraction of sp³-hybridized carbons (Fsp3) is 0.353. The van der Waals surface area contributed by atoms with Crippen LogP contribution in [0.1, 0.15) is 24.4 Å². The molecule has 9 nitrogen and oxygen atoms in total. The maximum atomic E-state index is 12.7. The van der Waals surface area contributed by atoms with Crippen molar-refractivity contribution < 1.29 is 4.79 Å². The largest absolute Gasteiger partial charge is 0.373 e. The maximum Gasteiger partial charge on any atom is 0.242 e. The minimum Gasteiger partial charge on any atom is -0.373 e. The average Bonchev–Trinajstić information content (AvgIpc) is 3.35. The van der Waals surface area contributed by atoms with Crippen molar-refractivity contribution in [3.05, 3.63) is 42.4 Å². The van der Waals surface area contributed by atoms with Gasteiger partial charge in [0, 0.05) is 19.8 Å². The molecule has 26 heavy (non-hydrogen) atoms. The Labute approximate surface area is 150 Å². The predicted octanol–water partition coefficient (Wildman–Crippen LogP) is 1.34. The van der Waals surface area contributed by atoms with E-state index in [0.717, 1.165) is 30.8 Å². The first-order valence-corrected chi connectivity index (χ1v) is 8.59. The molecule has 1 aliphatic heterocycles. The molecule has 0 saturated carbocycles. The Hall–Kier alpha value is -3.23. The summed E-state index contributed by atoms with van der Waals surface area (Å²) in [5.74, 6) is 1.48. The van der Waals surface area contributed by atoms with Gasteiger partial charge in [-0.15, -0.1) is 15.3 Å². The van der Waals surface area contributed by atoms with Crippen molar-refractivity contribution in [2.45, 2.75) is 18.9 Å². The quantitative estimate of drug-likeness (QED) is 0.714. The van der Waals surface area contributed by atoms with Gasteiger partial charge < -0.3 is 15.5 Å². The van der Waals surface area contributed by atoms with Crippen molar-refractivity contribution >= 4 is 23.2 Å². The molecular formula is C17H20N8O. The summed E-state index contributed by atoms with van der Waals surface area (Å²) >= 11 is 0. The van der Waals surface area contributed by atoms with Crippen LogP contribution in [0.5, 0.6) is 0 Å². The number of nitrogens with zero attached hydrogens (tertiary/aromatic N) is 6. The monoisotopic (exact) mass is 352 g/mol. The third kappa shape index (κ3) is 3.15. The summed E-state index contributed by atoms with van der Waals surface area (Å²) in [6.45, 7) is 0.960. The number of nitrogens with one attached hydrogen (secondary N) is 2. The summed E-state index contributed by atoms with van der Waals surface area (Å²) in [6, 6.07) is 7.67. The van der Waals surface area contributed by atoms with Crippen LogP contribution in [-0.4, -0.2) is 55.7 Å². The summed E-state index contributed by atoms with van der Waals surface area (Å²) in [5.41, 5.74) is 1.78. The Morgan fingerprint density at radius 2 is 2.23 bits per heavy atom. The van der Waals surface area contributed by atoms with Crippen LogP contribution in [0.4, 0.5) is 11.6 Å². The minimum atomic E-state index is 0.0565. The van der Waals surface area contributed by atoms with Crippen LogP contribution in [-0.2, 0) is 4.79 Å². The fourth-order valence-electron chi connectivity index (χ4n) is 3.29. The molecular weight excluding hydrogens is 332 g/mol. The van der Waals surface area contributed by atoms with Crippen molar-refractivity contribution in [3.8, 4) is 0 Å². The molecule has 1 amide bonds. The van der Waals surface area contributed by atoms with E-state index in [-0.39, 0.29) is 18.5 Å². The van der Waals surface area contributed by atoms with Crippen molar-refractivity contribution in [1.29, 1.82) is 0 Å². The number of pyridine rings is 1. The zero-order valence-electron chi connectivity index (χ0n) is 14.5. The molecule has 3 aromatic rings. The number of likely N-dealkylation sites (tertiary alicyclic amines) is 1. The Kier molecular flexibility index (Phi) is 4.34. The number of aromatic nitrogens is 5. The lowest BCUT2D eigenvalue weighted by molar-refractivity contribution is -0.130. The van der Waals surface area contributed by atoms with Crippen molar-refractivity contribution in [3.63, 3.8) is 0 Å². The van der Waals surface area contributed by atoms with Gasteiger partial charge in [0.1, 0.15) is 18.0 Å². The van der Waals surface area contributed by atoms with Gasteiger partial charge in [0.15, 0.2) is 5.65 Å². The highest BCUT2D eigenvalue weighted by molar-refractivity contribution is 5.81. The number of hydrogen-bond donors (Lipinski definition) is 2. The molecule has 4 heterocycles. The lowest BCUT2D eigenvalue weighted by atomic mass is 10.1. The standard InChI is InChI=1S/C17H20N8O/c1-18-15-9-12(6-7-19-15)13-3-2-8-24(13)17(26)10-20-14-4-5-16-22-21-11-25(16)23-14/h4-7,9,11,13H,2-3,8,10H2,1H3,(H,18,19)(H,20,23)/t13-/m1/s1. The summed E-state index contributed by atoms with van der Waals surface area (Å²) in [5, 5.41) is 18.2. The molecule has 1 saturated heterocycles. The van der Waals surface area contributed by atoms with Crippen LogP contribution >= 0.6 is 0 Å². The summed E-state index contributed by atoms with van der Waals surface area (Å²) in [7, 11) is 1.84. The highest BCUT2D eigenvalue weighted by atomic mass is 16.2.